The molecule has 1 aliphatic heterocycles. The number of ketones is 1. The molecule has 1 fully saturated rings. The van der Waals surface area contributed by atoms with E-state index >= 15 is 0 Å². The summed E-state index contributed by atoms with van der Waals surface area (Å²) in [5.74, 6) is -2.87. The average molecular weight is 523 g/mol. The Labute approximate surface area is 225 Å². The summed E-state index contributed by atoms with van der Waals surface area (Å²) in [7, 11) is 0. The van der Waals surface area contributed by atoms with Crippen molar-refractivity contribution < 1.29 is 28.7 Å². The Bertz CT molecular complexity index is 1490. The second-order valence-corrected chi connectivity index (χ2v) is 9.63. The maximum atomic E-state index is 13.2. The van der Waals surface area contributed by atoms with Gasteiger partial charge in [-0.05, 0) is 56.2 Å². The fourth-order valence-electron chi connectivity index (χ4n) is 4.95. The molecule has 3 amide bonds. The molecule has 1 N–H and O–H groups in total. The second kappa shape index (κ2) is 10.9. The Hall–Kier alpha value is -4.85. The zero-order valence-electron chi connectivity index (χ0n) is 21.3. The van der Waals surface area contributed by atoms with Gasteiger partial charge in [0.1, 0.15) is 0 Å². The number of rotatable bonds is 7. The zero-order valence-corrected chi connectivity index (χ0v) is 21.3. The van der Waals surface area contributed by atoms with Crippen LogP contribution in [0, 0.1) is 11.8 Å². The van der Waals surface area contributed by atoms with Crippen LogP contribution in [0.15, 0.2) is 90.5 Å². The topological polar surface area (TPSA) is 110 Å². The predicted octanol–water partition coefficient (Wildman–Crippen LogP) is 4.82. The maximum Gasteiger partial charge on any atom is 0.338 e. The number of para-hydroxylation sites is 1. The number of anilines is 2. The largest absolute Gasteiger partial charge is 0.454 e. The van der Waals surface area contributed by atoms with Crippen LogP contribution in [0.3, 0.4) is 0 Å². The number of benzene rings is 3. The molecule has 1 saturated heterocycles. The van der Waals surface area contributed by atoms with E-state index in [9.17, 15) is 24.0 Å². The van der Waals surface area contributed by atoms with Crippen molar-refractivity contribution in [2.75, 3.05) is 16.8 Å². The van der Waals surface area contributed by atoms with E-state index in [0.29, 0.717) is 24.1 Å². The number of nitrogens with zero attached hydrogens (tertiary/aromatic N) is 1. The molecule has 3 aromatic rings. The van der Waals surface area contributed by atoms with Crippen molar-refractivity contribution in [2.45, 2.75) is 19.8 Å². The lowest BCUT2D eigenvalue weighted by Crippen LogP contribution is -2.33. The first-order chi connectivity index (χ1) is 18.8. The van der Waals surface area contributed by atoms with Gasteiger partial charge in [-0.25, -0.2) is 9.69 Å². The summed E-state index contributed by atoms with van der Waals surface area (Å²) in [6.07, 6.45) is 3.05. The van der Waals surface area contributed by atoms with Gasteiger partial charge in [-0.15, -0.1) is 0 Å². The van der Waals surface area contributed by atoms with E-state index in [1.54, 1.807) is 54.6 Å². The summed E-state index contributed by atoms with van der Waals surface area (Å²) in [5, 5.41) is 2.75. The third kappa shape index (κ3) is 5.27. The number of amides is 3. The van der Waals surface area contributed by atoms with Crippen molar-refractivity contribution >= 4 is 40.8 Å². The van der Waals surface area contributed by atoms with Gasteiger partial charge in [0.25, 0.3) is 5.91 Å². The quantitative estimate of drug-likeness (QED) is 0.206. The molecule has 0 saturated carbocycles. The average Bonchev–Trinajstić information content (AvgIpc) is 3.20. The van der Waals surface area contributed by atoms with Crippen molar-refractivity contribution in [3.63, 3.8) is 0 Å². The number of carbonyl (C=O) groups is 5. The van der Waals surface area contributed by atoms with Gasteiger partial charge in [-0.2, -0.15) is 0 Å². The van der Waals surface area contributed by atoms with Crippen molar-refractivity contribution in [1.82, 2.24) is 0 Å². The third-order valence-electron chi connectivity index (χ3n) is 7.02. The van der Waals surface area contributed by atoms with Gasteiger partial charge in [0.15, 0.2) is 12.4 Å². The summed E-state index contributed by atoms with van der Waals surface area (Å²) in [4.78, 5) is 65.2. The first kappa shape index (κ1) is 25.8. The number of hydrogen-bond donors (Lipinski definition) is 1. The third-order valence-corrected chi connectivity index (χ3v) is 7.02. The van der Waals surface area contributed by atoms with E-state index in [4.69, 9.17) is 4.74 Å². The number of Topliss-reactive ketones (excluding diaryl/α,β-unsaturated/α-hetero) is 1. The van der Waals surface area contributed by atoms with E-state index < -0.39 is 23.7 Å². The number of fused-ring (bicyclic) bond motifs is 1. The van der Waals surface area contributed by atoms with Crippen LogP contribution in [0.4, 0.5) is 11.4 Å². The molecule has 0 radical (unpaired) electrons. The lowest BCUT2D eigenvalue weighted by molar-refractivity contribution is -0.122. The Kier molecular flexibility index (Phi) is 7.19. The first-order valence-electron chi connectivity index (χ1n) is 12.6. The van der Waals surface area contributed by atoms with Crippen LogP contribution < -0.4 is 10.2 Å². The van der Waals surface area contributed by atoms with Gasteiger partial charge in [0.05, 0.1) is 28.7 Å². The number of ether oxygens (including phenoxy) is 1. The normalized spacial score (nSPS) is 18.3. The SMILES string of the molecule is CC1=CC[C@H]2C(=O)N(c3ccccc3C(=O)Nc3ccc(C(=O)OCC(=O)c4ccccc4)cc3)C(=O)[C@@H]2C1. The highest BCUT2D eigenvalue weighted by molar-refractivity contribution is 6.25. The Balaban J connectivity index is 1.25. The highest BCUT2D eigenvalue weighted by Crippen LogP contribution is 2.40. The number of esters is 1. The molecule has 8 nitrogen and oxygen atoms in total. The molecule has 3 aromatic carbocycles. The van der Waals surface area contributed by atoms with E-state index in [-0.39, 0.29) is 41.0 Å². The van der Waals surface area contributed by atoms with Gasteiger partial charge >= 0.3 is 5.97 Å². The molecule has 39 heavy (non-hydrogen) atoms. The fourth-order valence-corrected chi connectivity index (χ4v) is 4.95. The molecule has 2 atom stereocenters. The predicted molar refractivity (Wildman–Crippen MR) is 144 cm³/mol. The minimum atomic E-state index is -0.667. The number of hydrogen-bond acceptors (Lipinski definition) is 6. The Morgan fingerprint density at radius 1 is 0.846 bits per heavy atom. The van der Waals surface area contributed by atoms with E-state index in [0.717, 1.165) is 10.5 Å². The van der Waals surface area contributed by atoms with Gasteiger partial charge in [-0.3, -0.25) is 19.2 Å². The monoisotopic (exact) mass is 522 g/mol. The lowest BCUT2D eigenvalue weighted by Gasteiger charge is -2.19. The zero-order chi connectivity index (χ0) is 27.5. The smallest absolute Gasteiger partial charge is 0.338 e. The van der Waals surface area contributed by atoms with Crippen LogP contribution >= 0.6 is 0 Å². The summed E-state index contributed by atoms with van der Waals surface area (Å²) in [5.41, 5.74) is 2.59. The van der Waals surface area contributed by atoms with Crippen molar-refractivity contribution in [2.24, 2.45) is 11.8 Å². The van der Waals surface area contributed by atoms with Crippen LogP contribution in [0.2, 0.25) is 0 Å². The highest BCUT2D eigenvalue weighted by atomic mass is 16.5. The molecular weight excluding hydrogens is 496 g/mol. The van der Waals surface area contributed by atoms with Gasteiger partial charge < -0.3 is 10.1 Å². The summed E-state index contributed by atoms with van der Waals surface area (Å²) < 4.78 is 5.13. The second-order valence-electron chi connectivity index (χ2n) is 9.63. The van der Waals surface area contributed by atoms with Crippen LogP contribution in [0.5, 0.6) is 0 Å². The van der Waals surface area contributed by atoms with E-state index in [2.05, 4.69) is 5.32 Å². The molecule has 0 spiro atoms. The molecule has 5 rings (SSSR count). The summed E-state index contributed by atoms with van der Waals surface area (Å²) >= 11 is 0. The van der Waals surface area contributed by atoms with Gasteiger partial charge in [0.2, 0.25) is 11.8 Å². The van der Waals surface area contributed by atoms with Crippen molar-refractivity contribution in [3.8, 4) is 0 Å². The molecule has 8 heteroatoms. The molecule has 0 bridgehead atoms. The van der Waals surface area contributed by atoms with Crippen LogP contribution in [-0.2, 0) is 14.3 Å². The Morgan fingerprint density at radius 3 is 2.26 bits per heavy atom. The molecule has 0 aromatic heterocycles. The van der Waals surface area contributed by atoms with Crippen molar-refractivity contribution in [3.05, 3.63) is 107 Å². The molecular formula is C31H26N2O6. The van der Waals surface area contributed by atoms with Crippen molar-refractivity contribution in [1.29, 1.82) is 0 Å². The lowest BCUT2D eigenvalue weighted by atomic mass is 9.82. The highest BCUT2D eigenvalue weighted by Gasteiger charge is 2.49. The van der Waals surface area contributed by atoms with E-state index in [1.807, 2.05) is 13.0 Å². The standard InChI is InChI=1S/C31H26N2O6/c1-19-11-16-23-25(17-19)30(37)33(29(23)36)26-10-6-5-9-24(26)28(35)32-22-14-12-21(13-15-22)31(38)39-18-27(34)20-7-3-2-4-8-20/h2-15,23,25H,16-18H2,1H3,(H,32,35)/t23-,25-/m1/s1. The molecule has 2 aliphatic rings. The first-order valence-corrected chi connectivity index (χ1v) is 12.6. The molecule has 0 unspecified atom stereocenters. The fraction of sp³-hybridized carbons (Fsp3) is 0.194. The number of imide groups is 1. The summed E-state index contributed by atoms with van der Waals surface area (Å²) in [6.45, 7) is 1.57. The summed E-state index contributed by atoms with van der Waals surface area (Å²) in [6, 6.07) is 21.1. The maximum absolute atomic E-state index is 13.2. The van der Waals surface area contributed by atoms with Crippen LogP contribution in [0.1, 0.15) is 50.8 Å². The van der Waals surface area contributed by atoms with Gasteiger partial charge in [-0.1, -0.05) is 54.1 Å². The minimum absolute atomic E-state index is 0.186. The Morgan fingerprint density at radius 2 is 1.51 bits per heavy atom. The molecule has 1 heterocycles. The van der Waals surface area contributed by atoms with Gasteiger partial charge in [0, 0.05) is 11.3 Å². The minimum Gasteiger partial charge on any atom is -0.454 e. The number of nitrogens with one attached hydrogen (secondary N) is 1. The van der Waals surface area contributed by atoms with E-state index in [1.165, 1.54) is 24.3 Å². The van der Waals surface area contributed by atoms with Crippen LogP contribution in [-0.4, -0.2) is 36.1 Å². The number of allylic oxidation sites excluding steroid dienone is 2. The molecule has 1 aliphatic carbocycles. The number of carbonyl (C=O) groups excluding carboxylic acids is 5. The van der Waals surface area contributed by atoms with Crippen LogP contribution in [0.25, 0.3) is 0 Å². The molecule has 196 valence electrons.